The van der Waals surface area contributed by atoms with Crippen LogP contribution in [0.2, 0.25) is 0 Å². The van der Waals surface area contributed by atoms with Gasteiger partial charge in [-0.3, -0.25) is 0 Å². The predicted octanol–water partition coefficient (Wildman–Crippen LogP) is 1.20. The zero-order valence-electron chi connectivity index (χ0n) is 11.5. The molecule has 1 saturated carbocycles. The lowest BCUT2D eigenvalue weighted by Gasteiger charge is -2.26. The number of rotatable bonds is 5. The van der Waals surface area contributed by atoms with E-state index in [0.29, 0.717) is 12.5 Å². The van der Waals surface area contributed by atoms with Crippen LogP contribution in [-0.2, 0) is 16.8 Å². The van der Waals surface area contributed by atoms with Gasteiger partial charge in [-0.1, -0.05) is 12.1 Å². The lowest BCUT2D eigenvalue weighted by molar-refractivity contribution is 0.0697. The zero-order chi connectivity index (χ0) is 15.0. The Morgan fingerprint density at radius 3 is 2.52 bits per heavy atom. The van der Waals surface area contributed by atoms with Crippen LogP contribution < -0.4 is 4.72 Å². The summed E-state index contributed by atoms with van der Waals surface area (Å²) in [5.41, 5.74) is 0.936. The summed E-state index contributed by atoms with van der Waals surface area (Å²) < 4.78 is 28.8. The number of nitrogens with one attached hydrogen (secondary N) is 1. The summed E-state index contributed by atoms with van der Waals surface area (Å²) in [5, 5.41) is 8.82. The zero-order valence-corrected chi connectivity index (χ0v) is 12.3. The molecule has 2 N–H and O–H groups in total. The molecule has 1 aliphatic heterocycles. The summed E-state index contributed by atoms with van der Waals surface area (Å²) in [6, 6.07) is 6.36. The van der Waals surface area contributed by atoms with Crippen LogP contribution in [0.1, 0.15) is 35.2 Å². The van der Waals surface area contributed by atoms with Crippen LogP contribution in [0.5, 0.6) is 0 Å². The van der Waals surface area contributed by atoms with Crippen molar-refractivity contribution in [2.45, 2.75) is 31.8 Å². The average molecular weight is 310 g/mol. The molecular weight excluding hydrogens is 292 g/mol. The van der Waals surface area contributed by atoms with Gasteiger partial charge in [-0.2, -0.15) is 17.4 Å². The third kappa shape index (κ3) is 2.95. The Labute approximate surface area is 124 Å². The average Bonchev–Trinajstić information content (AvgIpc) is 3.08. The monoisotopic (exact) mass is 310 g/mol. The number of carboxylic acid groups (broad SMARTS) is 1. The van der Waals surface area contributed by atoms with Gasteiger partial charge < -0.3 is 5.11 Å². The largest absolute Gasteiger partial charge is 0.478 e. The van der Waals surface area contributed by atoms with E-state index in [0.717, 1.165) is 24.8 Å². The molecule has 1 aliphatic carbocycles. The molecule has 0 spiro atoms. The van der Waals surface area contributed by atoms with Gasteiger partial charge in [-0.15, -0.1) is 0 Å². The molecule has 1 aromatic carbocycles. The number of hydrogen-bond donors (Lipinski definition) is 2. The number of carbonyl (C=O) groups is 1. The van der Waals surface area contributed by atoms with E-state index < -0.39 is 16.2 Å². The first-order chi connectivity index (χ1) is 9.95. The van der Waals surface area contributed by atoms with Crippen molar-refractivity contribution in [3.63, 3.8) is 0 Å². The van der Waals surface area contributed by atoms with Crippen molar-refractivity contribution in [2.24, 2.45) is 5.92 Å². The summed E-state index contributed by atoms with van der Waals surface area (Å²) in [7, 11) is -3.45. The van der Waals surface area contributed by atoms with Gasteiger partial charge in [-0.25, -0.2) is 4.79 Å². The molecule has 1 aromatic rings. The molecule has 21 heavy (non-hydrogen) atoms. The number of fused-ring (bicyclic) bond motifs is 2. The van der Waals surface area contributed by atoms with E-state index in [4.69, 9.17) is 5.11 Å². The number of benzene rings is 1. The highest BCUT2D eigenvalue weighted by molar-refractivity contribution is 7.87. The normalized spacial score (nSPS) is 25.3. The van der Waals surface area contributed by atoms with Crippen LogP contribution in [0.4, 0.5) is 0 Å². The van der Waals surface area contributed by atoms with Crippen LogP contribution in [0.15, 0.2) is 24.3 Å². The second-order valence-electron chi connectivity index (χ2n) is 5.73. The van der Waals surface area contributed by atoms with Gasteiger partial charge in [0.25, 0.3) is 10.2 Å². The van der Waals surface area contributed by atoms with Crippen molar-refractivity contribution in [1.29, 1.82) is 0 Å². The number of nitrogens with zero attached hydrogens (tertiary/aromatic N) is 1. The Kier molecular flexibility index (Phi) is 3.73. The molecule has 3 rings (SSSR count). The molecule has 2 fully saturated rings. The van der Waals surface area contributed by atoms with Gasteiger partial charge in [0.1, 0.15) is 0 Å². The maximum absolute atomic E-state index is 12.3. The van der Waals surface area contributed by atoms with E-state index in [2.05, 4.69) is 4.72 Å². The maximum atomic E-state index is 12.3. The third-order valence-electron chi connectivity index (χ3n) is 4.33. The highest BCUT2D eigenvalue weighted by Gasteiger charge is 2.43. The highest BCUT2D eigenvalue weighted by Crippen LogP contribution is 2.38. The summed E-state index contributed by atoms with van der Waals surface area (Å²) in [6.45, 7) is 0.800. The van der Waals surface area contributed by atoms with Crippen molar-refractivity contribution >= 4 is 16.2 Å². The van der Waals surface area contributed by atoms with E-state index in [-0.39, 0.29) is 18.2 Å². The second kappa shape index (κ2) is 5.40. The Morgan fingerprint density at radius 2 is 2.00 bits per heavy atom. The SMILES string of the molecule is O=C(O)c1ccc(CNS(=O)(=O)N2C[C@H]3CC[C@H]2C3)cc1. The minimum Gasteiger partial charge on any atom is -0.478 e. The Hall–Kier alpha value is -1.44. The molecule has 1 saturated heterocycles. The second-order valence-corrected chi connectivity index (χ2v) is 7.44. The van der Waals surface area contributed by atoms with Crippen LogP contribution in [0.25, 0.3) is 0 Å². The first-order valence-electron chi connectivity index (χ1n) is 7.04. The first kappa shape index (κ1) is 14.5. The smallest absolute Gasteiger partial charge is 0.335 e. The predicted molar refractivity (Wildman–Crippen MR) is 77.0 cm³/mol. The minimum atomic E-state index is -3.45. The van der Waals surface area contributed by atoms with Gasteiger partial charge in [0.05, 0.1) is 5.56 Å². The lowest BCUT2D eigenvalue weighted by atomic mass is 10.1. The first-order valence-corrected chi connectivity index (χ1v) is 8.48. The maximum Gasteiger partial charge on any atom is 0.335 e. The van der Waals surface area contributed by atoms with Crippen LogP contribution in [0.3, 0.4) is 0 Å². The number of carboxylic acids is 1. The summed E-state index contributed by atoms with van der Waals surface area (Å²) >= 11 is 0. The highest BCUT2D eigenvalue weighted by atomic mass is 32.2. The molecule has 2 aliphatic rings. The number of piperidine rings is 1. The molecule has 0 radical (unpaired) electrons. The van der Waals surface area contributed by atoms with Crippen molar-refractivity contribution in [3.05, 3.63) is 35.4 Å². The van der Waals surface area contributed by atoms with E-state index in [1.54, 1.807) is 16.4 Å². The van der Waals surface area contributed by atoms with E-state index >= 15 is 0 Å². The Balaban J connectivity index is 1.62. The van der Waals surface area contributed by atoms with Gasteiger partial charge >= 0.3 is 5.97 Å². The summed E-state index contributed by atoms with van der Waals surface area (Å²) in [6.07, 6.45) is 3.07. The Bertz CT molecular complexity index is 641. The molecule has 2 bridgehead atoms. The van der Waals surface area contributed by atoms with Crippen molar-refractivity contribution < 1.29 is 18.3 Å². The minimum absolute atomic E-state index is 0.155. The van der Waals surface area contributed by atoms with Gasteiger partial charge in [0.15, 0.2) is 0 Å². The van der Waals surface area contributed by atoms with Crippen molar-refractivity contribution in [1.82, 2.24) is 9.03 Å². The molecule has 2 atom stereocenters. The van der Waals surface area contributed by atoms with Crippen LogP contribution >= 0.6 is 0 Å². The molecule has 7 heteroatoms. The van der Waals surface area contributed by atoms with Gasteiger partial charge in [0, 0.05) is 19.1 Å². The van der Waals surface area contributed by atoms with Crippen molar-refractivity contribution in [2.75, 3.05) is 6.54 Å². The Morgan fingerprint density at radius 1 is 1.29 bits per heavy atom. The lowest BCUT2D eigenvalue weighted by Crippen LogP contribution is -2.44. The fraction of sp³-hybridized carbons (Fsp3) is 0.500. The van der Waals surface area contributed by atoms with Gasteiger partial charge in [0.2, 0.25) is 0 Å². The quantitative estimate of drug-likeness (QED) is 0.855. The molecule has 1 heterocycles. The number of hydrogen-bond acceptors (Lipinski definition) is 3. The molecule has 0 amide bonds. The third-order valence-corrected chi connectivity index (χ3v) is 5.90. The molecular formula is C14H18N2O4S. The van der Waals surface area contributed by atoms with Crippen LogP contribution in [0, 0.1) is 5.92 Å². The fourth-order valence-corrected chi connectivity index (χ4v) is 4.70. The topological polar surface area (TPSA) is 86.7 Å². The van der Waals surface area contributed by atoms with Crippen molar-refractivity contribution in [3.8, 4) is 0 Å². The fourth-order valence-electron chi connectivity index (χ4n) is 3.20. The standard InChI is InChI=1S/C14H18N2O4S/c17-14(18)12-4-1-10(2-5-12)8-15-21(19,20)16-9-11-3-6-13(16)7-11/h1-2,4-5,11,13,15H,3,6-9H2,(H,17,18)/t11-,13-/m0/s1. The van der Waals surface area contributed by atoms with E-state index in [1.165, 1.54) is 12.1 Å². The molecule has 114 valence electrons. The summed E-state index contributed by atoms with van der Waals surface area (Å²) in [4.78, 5) is 10.8. The van der Waals surface area contributed by atoms with E-state index in [9.17, 15) is 13.2 Å². The molecule has 6 nitrogen and oxygen atoms in total. The van der Waals surface area contributed by atoms with E-state index in [1.807, 2.05) is 0 Å². The van der Waals surface area contributed by atoms with Crippen LogP contribution in [-0.4, -0.2) is 36.4 Å². The summed E-state index contributed by atoms with van der Waals surface area (Å²) in [5.74, 6) is -0.475. The molecule has 0 aromatic heterocycles. The number of aromatic carboxylic acids is 1. The van der Waals surface area contributed by atoms with Gasteiger partial charge in [-0.05, 0) is 42.9 Å². The molecule has 0 unspecified atom stereocenters.